The third-order valence-corrected chi connectivity index (χ3v) is 2.22. The van der Waals surface area contributed by atoms with Gasteiger partial charge >= 0.3 is 0 Å². The number of sulfonamides is 1. The summed E-state index contributed by atoms with van der Waals surface area (Å²) in [7, 11) is -3.62. The van der Waals surface area contributed by atoms with E-state index >= 15 is 0 Å². The number of primary sulfonamides is 1. The van der Waals surface area contributed by atoms with Gasteiger partial charge in [-0.05, 0) is 0 Å². The molecule has 0 bridgehead atoms. The summed E-state index contributed by atoms with van der Waals surface area (Å²) in [5.74, 6) is -1.73. The summed E-state index contributed by atoms with van der Waals surface area (Å²) in [6.07, 6.45) is -0.290. The van der Waals surface area contributed by atoms with Crippen LogP contribution in [-0.2, 0) is 19.6 Å². The zero-order valence-electron chi connectivity index (χ0n) is 7.97. The highest BCUT2D eigenvalue weighted by Gasteiger charge is 2.15. The SMILES string of the molecule is NC(=O)CC(N)C(=O)NCCS(N)(=O)=O. The van der Waals surface area contributed by atoms with Gasteiger partial charge in [-0.3, -0.25) is 9.59 Å². The molecule has 1 unspecified atom stereocenters. The summed E-state index contributed by atoms with van der Waals surface area (Å²) in [5, 5.41) is 6.91. The normalized spacial score (nSPS) is 13.2. The van der Waals surface area contributed by atoms with Gasteiger partial charge in [0, 0.05) is 6.54 Å². The van der Waals surface area contributed by atoms with Crippen LogP contribution in [0.3, 0.4) is 0 Å². The molecule has 0 saturated heterocycles. The zero-order chi connectivity index (χ0) is 12.1. The minimum Gasteiger partial charge on any atom is -0.370 e. The maximum Gasteiger partial charge on any atom is 0.237 e. The summed E-state index contributed by atoms with van der Waals surface area (Å²) in [4.78, 5) is 21.5. The van der Waals surface area contributed by atoms with E-state index in [0.717, 1.165) is 0 Å². The fraction of sp³-hybridized carbons (Fsp3) is 0.667. The van der Waals surface area contributed by atoms with Crippen molar-refractivity contribution in [1.82, 2.24) is 5.32 Å². The Morgan fingerprint density at radius 3 is 2.27 bits per heavy atom. The van der Waals surface area contributed by atoms with Crippen LogP contribution in [0.5, 0.6) is 0 Å². The van der Waals surface area contributed by atoms with Crippen LogP contribution in [0.15, 0.2) is 0 Å². The van der Waals surface area contributed by atoms with Crippen LogP contribution in [-0.4, -0.2) is 38.6 Å². The predicted octanol–water partition coefficient (Wildman–Crippen LogP) is -3.41. The first kappa shape index (κ1) is 13.8. The van der Waals surface area contributed by atoms with Crippen molar-refractivity contribution < 1.29 is 18.0 Å². The molecule has 9 heteroatoms. The van der Waals surface area contributed by atoms with E-state index in [1.54, 1.807) is 0 Å². The molecule has 2 amide bonds. The number of primary amides is 1. The van der Waals surface area contributed by atoms with Gasteiger partial charge in [0.1, 0.15) is 0 Å². The number of amides is 2. The molecule has 0 rings (SSSR count). The average Bonchev–Trinajstić information content (AvgIpc) is 2.00. The lowest BCUT2D eigenvalue weighted by atomic mass is 10.2. The summed E-state index contributed by atoms with van der Waals surface area (Å²) in [6, 6.07) is -1.07. The molecule has 0 aliphatic carbocycles. The van der Waals surface area contributed by atoms with Crippen molar-refractivity contribution in [1.29, 1.82) is 0 Å². The van der Waals surface area contributed by atoms with Crippen molar-refractivity contribution >= 4 is 21.8 Å². The Bertz CT molecular complexity index is 339. The summed E-state index contributed by atoms with van der Waals surface area (Å²) in [6.45, 7) is -0.149. The van der Waals surface area contributed by atoms with Crippen LogP contribution in [0.25, 0.3) is 0 Å². The molecule has 88 valence electrons. The molecule has 0 aromatic carbocycles. The van der Waals surface area contributed by atoms with Crippen molar-refractivity contribution in [3.8, 4) is 0 Å². The van der Waals surface area contributed by atoms with Crippen LogP contribution >= 0.6 is 0 Å². The molecule has 0 aliphatic rings. The van der Waals surface area contributed by atoms with Crippen molar-refractivity contribution in [3.05, 3.63) is 0 Å². The number of hydrogen-bond donors (Lipinski definition) is 4. The maximum atomic E-state index is 11.1. The Morgan fingerprint density at radius 2 is 1.87 bits per heavy atom. The van der Waals surface area contributed by atoms with Gasteiger partial charge in [-0.1, -0.05) is 0 Å². The molecule has 0 aromatic heterocycles. The molecule has 0 radical (unpaired) electrons. The summed E-state index contributed by atoms with van der Waals surface area (Å²) < 4.78 is 21.0. The Hall–Kier alpha value is -1.19. The molecule has 0 spiro atoms. The van der Waals surface area contributed by atoms with E-state index in [0.29, 0.717) is 0 Å². The minimum atomic E-state index is -3.62. The van der Waals surface area contributed by atoms with Crippen LogP contribution in [0.2, 0.25) is 0 Å². The highest BCUT2D eigenvalue weighted by molar-refractivity contribution is 7.89. The number of carbonyl (C=O) groups excluding carboxylic acids is 2. The number of nitrogens with one attached hydrogen (secondary N) is 1. The molecule has 0 heterocycles. The van der Waals surface area contributed by atoms with E-state index in [-0.39, 0.29) is 18.7 Å². The molecule has 0 saturated carbocycles. The second-order valence-corrected chi connectivity index (χ2v) is 4.67. The van der Waals surface area contributed by atoms with E-state index in [1.165, 1.54) is 0 Å². The van der Waals surface area contributed by atoms with Gasteiger partial charge in [0.15, 0.2) is 0 Å². The zero-order valence-corrected chi connectivity index (χ0v) is 8.79. The van der Waals surface area contributed by atoms with Gasteiger partial charge in [0.2, 0.25) is 21.8 Å². The fourth-order valence-electron chi connectivity index (χ4n) is 0.757. The van der Waals surface area contributed by atoms with E-state index < -0.39 is 27.9 Å². The highest BCUT2D eigenvalue weighted by Crippen LogP contribution is 1.86. The highest BCUT2D eigenvalue weighted by atomic mass is 32.2. The first-order valence-corrected chi connectivity index (χ1v) is 5.76. The van der Waals surface area contributed by atoms with Crippen LogP contribution < -0.4 is 21.9 Å². The van der Waals surface area contributed by atoms with Gasteiger partial charge in [-0.25, -0.2) is 13.6 Å². The Morgan fingerprint density at radius 1 is 1.33 bits per heavy atom. The minimum absolute atomic E-state index is 0.149. The lowest BCUT2D eigenvalue weighted by Crippen LogP contribution is -2.44. The molecule has 1 atom stereocenters. The molecule has 0 fully saturated rings. The van der Waals surface area contributed by atoms with E-state index in [4.69, 9.17) is 16.6 Å². The van der Waals surface area contributed by atoms with Crippen molar-refractivity contribution in [2.75, 3.05) is 12.3 Å². The third kappa shape index (κ3) is 7.85. The van der Waals surface area contributed by atoms with Gasteiger partial charge < -0.3 is 16.8 Å². The van der Waals surface area contributed by atoms with Gasteiger partial charge in [0.05, 0.1) is 18.2 Å². The predicted molar refractivity (Wildman–Crippen MR) is 52.8 cm³/mol. The third-order valence-electron chi connectivity index (χ3n) is 1.44. The Labute approximate surface area is 87.2 Å². The van der Waals surface area contributed by atoms with E-state index in [9.17, 15) is 18.0 Å². The molecule has 8 nitrogen and oxygen atoms in total. The standard InChI is InChI=1S/C6H14N4O4S/c7-4(3-5(8)11)6(12)10-1-2-15(9,13)14/h4H,1-3,7H2,(H2,8,11)(H,10,12)(H2,9,13,14). The lowest BCUT2D eigenvalue weighted by Gasteiger charge is -2.09. The topological polar surface area (TPSA) is 158 Å². The molecule has 0 aliphatic heterocycles. The van der Waals surface area contributed by atoms with E-state index in [1.807, 2.05) is 0 Å². The molecule has 7 N–H and O–H groups in total. The van der Waals surface area contributed by atoms with Gasteiger partial charge in [0.25, 0.3) is 0 Å². The number of nitrogens with two attached hydrogens (primary N) is 3. The van der Waals surface area contributed by atoms with Crippen molar-refractivity contribution in [2.45, 2.75) is 12.5 Å². The first-order valence-electron chi connectivity index (χ1n) is 4.04. The second kappa shape index (κ2) is 5.63. The van der Waals surface area contributed by atoms with Crippen molar-refractivity contribution in [3.63, 3.8) is 0 Å². The fourth-order valence-corrected chi connectivity index (χ4v) is 1.14. The smallest absolute Gasteiger partial charge is 0.237 e. The first-order chi connectivity index (χ1) is 6.72. The largest absolute Gasteiger partial charge is 0.370 e. The van der Waals surface area contributed by atoms with E-state index in [2.05, 4.69) is 5.32 Å². The molecule has 15 heavy (non-hydrogen) atoms. The summed E-state index contributed by atoms with van der Waals surface area (Å²) in [5.41, 5.74) is 10.1. The van der Waals surface area contributed by atoms with Crippen LogP contribution in [0, 0.1) is 0 Å². The molecular weight excluding hydrogens is 224 g/mol. The molecular formula is C6H14N4O4S. The number of carbonyl (C=O) groups is 2. The van der Waals surface area contributed by atoms with Gasteiger partial charge in [-0.15, -0.1) is 0 Å². The number of hydrogen-bond acceptors (Lipinski definition) is 5. The lowest BCUT2D eigenvalue weighted by molar-refractivity contribution is -0.126. The van der Waals surface area contributed by atoms with Crippen molar-refractivity contribution in [2.24, 2.45) is 16.6 Å². The van der Waals surface area contributed by atoms with Gasteiger partial charge in [-0.2, -0.15) is 0 Å². The number of rotatable bonds is 6. The molecule has 0 aromatic rings. The summed E-state index contributed by atoms with van der Waals surface area (Å²) >= 11 is 0. The van der Waals surface area contributed by atoms with Crippen LogP contribution in [0.4, 0.5) is 0 Å². The quantitative estimate of drug-likeness (QED) is 0.379. The average molecular weight is 238 g/mol. The maximum absolute atomic E-state index is 11.1. The monoisotopic (exact) mass is 238 g/mol. The second-order valence-electron chi connectivity index (χ2n) is 2.93. The Balaban J connectivity index is 3.89. The van der Waals surface area contributed by atoms with Crippen LogP contribution in [0.1, 0.15) is 6.42 Å². The Kier molecular flexibility index (Phi) is 5.19.